The fourth-order valence-corrected chi connectivity index (χ4v) is 4.50. The maximum absolute atomic E-state index is 11.6. The van der Waals surface area contributed by atoms with Gasteiger partial charge in [-0.15, -0.1) is 0 Å². The fraction of sp³-hybridized carbons (Fsp3) is 0.455. The van der Waals surface area contributed by atoms with Crippen LogP contribution in [0.1, 0.15) is 18.0 Å². The zero-order valence-corrected chi connectivity index (χ0v) is 11.5. The van der Waals surface area contributed by atoms with Crippen LogP contribution in [-0.2, 0) is 9.84 Å². The van der Waals surface area contributed by atoms with Crippen LogP contribution in [0.5, 0.6) is 0 Å². The van der Waals surface area contributed by atoms with Gasteiger partial charge in [0, 0.05) is 6.20 Å². The summed E-state index contributed by atoms with van der Waals surface area (Å²) in [5.41, 5.74) is 2.71. The van der Waals surface area contributed by atoms with Gasteiger partial charge in [-0.25, -0.2) is 13.4 Å². The molecule has 1 unspecified atom stereocenters. The molecule has 1 aliphatic heterocycles. The summed E-state index contributed by atoms with van der Waals surface area (Å²) in [6.45, 7) is 1.98. The van der Waals surface area contributed by atoms with E-state index in [1.807, 2.05) is 17.6 Å². The number of nitrogens with zero attached hydrogens (tertiary/aromatic N) is 2. The summed E-state index contributed by atoms with van der Waals surface area (Å²) >= 11 is 5.30. The maximum atomic E-state index is 11.6. The summed E-state index contributed by atoms with van der Waals surface area (Å²) < 4.78 is 25.5. The number of imidazole rings is 1. The van der Waals surface area contributed by atoms with E-state index in [1.54, 1.807) is 6.20 Å². The van der Waals surface area contributed by atoms with Crippen molar-refractivity contribution in [2.75, 3.05) is 11.5 Å². The third kappa shape index (κ3) is 1.78. The van der Waals surface area contributed by atoms with Crippen LogP contribution in [0.4, 0.5) is 0 Å². The monoisotopic (exact) mass is 283 g/mol. The van der Waals surface area contributed by atoms with Crippen LogP contribution in [0.15, 0.2) is 12.3 Å². The third-order valence-corrected chi connectivity index (χ3v) is 5.44. The van der Waals surface area contributed by atoms with Crippen molar-refractivity contribution in [1.82, 2.24) is 14.5 Å². The van der Waals surface area contributed by atoms with Crippen molar-refractivity contribution in [3.05, 3.63) is 22.6 Å². The molecule has 5 nitrogen and oxygen atoms in total. The highest BCUT2D eigenvalue weighted by molar-refractivity contribution is 7.91. The molecule has 0 aliphatic carbocycles. The van der Waals surface area contributed by atoms with Gasteiger partial charge in [0.1, 0.15) is 0 Å². The average Bonchev–Trinajstić information content (AvgIpc) is 2.79. The number of pyridine rings is 1. The first kappa shape index (κ1) is 11.9. The molecule has 0 bridgehead atoms. The third-order valence-electron chi connectivity index (χ3n) is 3.39. The van der Waals surface area contributed by atoms with Gasteiger partial charge in [-0.3, -0.25) is 4.57 Å². The molecular formula is C11H13N3O2S2. The highest BCUT2D eigenvalue weighted by atomic mass is 32.2. The summed E-state index contributed by atoms with van der Waals surface area (Å²) in [6.07, 6.45) is 2.33. The topological polar surface area (TPSA) is 67.8 Å². The summed E-state index contributed by atoms with van der Waals surface area (Å²) in [7, 11) is -2.93. The highest BCUT2D eigenvalue weighted by Gasteiger charge is 2.30. The van der Waals surface area contributed by atoms with Gasteiger partial charge in [0.2, 0.25) is 0 Å². The van der Waals surface area contributed by atoms with Crippen LogP contribution in [0.25, 0.3) is 11.2 Å². The van der Waals surface area contributed by atoms with Gasteiger partial charge < -0.3 is 4.98 Å². The van der Waals surface area contributed by atoms with E-state index in [0.29, 0.717) is 11.2 Å². The smallest absolute Gasteiger partial charge is 0.179 e. The quantitative estimate of drug-likeness (QED) is 0.810. The van der Waals surface area contributed by atoms with Crippen LogP contribution in [0.2, 0.25) is 0 Å². The van der Waals surface area contributed by atoms with Gasteiger partial charge in [-0.1, -0.05) is 0 Å². The summed E-state index contributed by atoms with van der Waals surface area (Å²) in [6, 6.07) is 1.81. The number of nitrogens with one attached hydrogen (secondary N) is 1. The lowest BCUT2D eigenvalue weighted by Crippen LogP contribution is -2.11. The van der Waals surface area contributed by atoms with E-state index < -0.39 is 9.84 Å². The molecule has 18 heavy (non-hydrogen) atoms. The summed E-state index contributed by atoms with van der Waals surface area (Å²) in [4.78, 5) is 7.45. The van der Waals surface area contributed by atoms with Gasteiger partial charge in [-0.05, 0) is 37.2 Å². The molecule has 3 rings (SSSR count). The normalized spacial score (nSPS) is 22.6. The first-order chi connectivity index (χ1) is 8.48. The van der Waals surface area contributed by atoms with E-state index in [1.165, 1.54) is 0 Å². The maximum Gasteiger partial charge on any atom is 0.179 e. The number of aromatic amines is 1. The molecule has 2 aromatic heterocycles. The van der Waals surface area contributed by atoms with Crippen molar-refractivity contribution < 1.29 is 8.42 Å². The molecule has 96 valence electrons. The van der Waals surface area contributed by atoms with Gasteiger partial charge >= 0.3 is 0 Å². The number of rotatable bonds is 1. The Morgan fingerprint density at radius 1 is 1.56 bits per heavy atom. The Balaban J connectivity index is 2.21. The van der Waals surface area contributed by atoms with E-state index in [4.69, 9.17) is 12.2 Å². The van der Waals surface area contributed by atoms with E-state index in [9.17, 15) is 8.42 Å². The minimum absolute atomic E-state index is 0.0921. The first-order valence-electron chi connectivity index (χ1n) is 5.74. The molecule has 3 heterocycles. The molecule has 2 aromatic rings. The van der Waals surface area contributed by atoms with Crippen LogP contribution in [-0.4, -0.2) is 34.5 Å². The average molecular weight is 283 g/mol. The number of hydrogen-bond acceptors (Lipinski definition) is 4. The molecule has 0 radical (unpaired) electrons. The van der Waals surface area contributed by atoms with E-state index in [-0.39, 0.29) is 17.5 Å². The van der Waals surface area contributed by atoms with Crippen molar-refractivity contribution in [2.45, 2.75) is 19.4 Å². The molecule has 1 aliphatic rings. The second-order valence-corrected chi connectivity index (χ2v) is 7.30. The Morgan fingerprint density at radius 3 is 3.00 bits per heavy atom. The van der Waals surface area contributed by atoms with Gasteiger partial charge in [0.05, 0.1) is 23.1 Å². The lowest BCUT2D eigenvalue weighted by atomic mass is 10.2. The Bertz CT molecular complexity index is 773. The Morgan fingerprint density at radius 2 is 2.33 bits per heavy atom. The summed E-state index contributed by atoms with van der Waals surface area (Å²) in [5, 5.41) is 0. The predicted molar refractivity (Wildman–Crippen MR) is 72.0 cm³/mol. The Labute approximate surface area is 110 Å². The number of hydrogen-bond donors (Lipinski definition) is 1. The zero-order valence-electron chi connectivity index (χ0n) is 9.88. The second kappa shape index (κ2) is 3.89. The molecule has 1 atom stereocenters. The van der Waals surface area contributed by atoms with Gasteiger partial charge in [0.25, 0.3) is 0 Å². The fourth-order valence-electron chi connectivity index (χ4n) is 2.46. The molecular weight excluding hydrogens is 270 g/mol. The SMILES string of the molecule is Cc1ccnc2c1[nH]c(=S)n2C1CCS(=O)(=O)C1. The largest absolute Gasteiger partial charge is 0.329 e. The predicted octanol–water partition coefficient (Wildman–Crippen LogP) is 1.76. The lowest BCUT2D eigenvalue weighted by Gasteiger charge is -2.10. The number of aryl methyl sites for hydroxylation is 1. The van der Waals surface area contributed by atoms with Crippen molar-refractivity contribution in [3.63, 3.8) is 0 Å². The van der Waals surface area contributed by atoms with Gasteiger partial charge in [-0.2, -0.15) is 0 Å². The molecule has 1 fully saturated rings. The van der Waals surface area contributed by atoms with Crippen LogP contribution in [0, 0.1) is 11.7 Å². The first-order valence-corrected chi connectivity index (χ1v) is 7.97. The number of aromatic nitrogens is 3. The zero-order chi connectivity index (χ0) is 12.9. The molecule has 1 saturated heterocycles. The van der Waals surface area contributed by atoms with Gasteiger partial charge in [0.15, 0.2) is 20.3 Å². The van der Waals surface area contributed by atoms with E-state index in [0.717, 1.165) is 16.7 Å². The summed E-state index contributed by atoms with van der Waals surface area (Å²) in [5.74, 6) is 0.391. The molecule has 0 spiro atoms. The van der Waals surface area contributed by atoms with Crippen molar-refractivity contribution >= 4 is 33.2 Å². The number of fused-ring (bicyclic) bond motifs is 1. The standard InChI is InChI=1S/C11H13N3O2S2/c1-7-2-4-12-10-9(7)13-11(17)14(10)8-3-5-18(15,16)6-8/h2,4,8H,3,5-6H2,1H3,(H,13,17). The lowest BCUT2D eigenvalue weighted by molar-refractivity contribution is 0.560. The molecule has 1 N–H and O–H groups in total. The Kier molecular flexibility index (Phi) is 2.56. The minimum atomic E-state index is -2.93. The second-order valence-electron chi connectivity index (χ2n) is 4.68. The molecule has 0 aromatic carbocycles. The highest BCUT2D eigenvalue weighted by Crippen LogP contribution is 2.28. The minimum Gasteiger partial charge on any atom is -0.329 e. The van der Waals surface area contributed by atoms with Crippen molar-refractivity contribution in [2.24, 2.45) is 0 Å². The van der Waals surface area contributed by atoms with Crippen molar-refractivity contribution in [3.8, 4) is 0 Å². The molecule has 7 heteroatoms. The van der Waals surface area contributed by atoms with Crippen molar-refractivity contribution in [1.29, 1.82) is 0 Å². The van der Waals surface area contributed by atoms with Crippen LogP contribution in [0.3, 0.4) is 0 Å². The van der Waals surface area contributed by atoms with E-state index in [2.05, 4.69) is 9.97 Å². The number of sulfone groups is 1. The van der Waals surface area contributed by atoms with E-state index >= 15 is 0 Å². The van der Waals surface area contributed by atoms with Crippen LogP contribution >= 0.6 is 12.2 Å². The van der Waals surface area contributed by atoms with Crippen LogP contribution < -0.4 is 0 Å². The Hall–Kier alpha value is -1.21. The number of H-pyrrole nitrogens is 1. The molecule has 0 saturated carbocycles. The molecule has 0 amide bonds.